The number of aromatic hydroxyl groups is 1. The lowest BCUT2D eigenvalue weighted by molar-refractivity contribution is 0.371. The number of halogens is 1. The van der Waals surface area contributed by atoms with Crippen LogP contribution in [0.5, 0.6) is 11.5 Å². The molecule has 0 heterocycles. The third kappa shape index (κ3) is 1.60. The van der Waals surface area contributed by atoms with E-state index in [-0.39, 0.29) is 11.8 Å². The monoisotopic (exact) mass is 257 g/mol. The Bertz CT molecular complexity index is 367. The molecule has 0 bridgehead atoms. The Morgan fingerprint density at radius 3 is 2.71 bits per heavy atom. The third-order valence-corrected chi connectivity index (χ3v) is 3.14. The lowest BCUT2D eigenvalue weighted by Crippen LogP contribution is -2.01. The van der Waals surface area contributed by atoms with Crippen molar-refractivity contribution >= 4 is 15.9 Å². The van der Waals surface area contributed by atoms with Crippen LogP contribution in [0.4, 0.5) is 0 Å². The highest BCUT2D eigenvalue weighted by Gasteiger charge is 2.35. The maximum absolute atomic E-state index is 9.59. The zero-order chi connectivity index (χ0) is 10.3. The molecule has 2 unspecified atom stereocenters. The first-order chi connectivity index (χ1) is 6.63. The number of rotatable bonds is 2. The molecular weight excluding hydrogens is 246 g/mol. The molecule has 1 aliphatic carbocycles. The molecule has 3 nitrogen and oxygen atoms in total. The van der Waals surface area contributed by atoms with Gasteiger partial charge in [0, 0.05) is 12.0 Å². The fourth-order valence-electron chi connectivity index (χ4n) is 1.56. The van der Waals surface area contributed by atoms with E-state index in [1.54, 1.807) is 0 Å². The molecule has 14 heavy (non-hydrogen) atoms. The van der Waals surface area contributed by atoms with E-state index in [0.717, 1.165) is 12.0 Å². The van der Waals surface area contributed by atoms with Gasteiger partial charge in [-0.05, 0) is 40.0 Å². The van der Waals surface area contributed by atoms with E-state index in [1.165, 1.54) is 7.11 Å². The average molecular weight is 258 g/mol. The van der Waals surface area contributed by atoms with Gasteiger partial charge < -0.3 is 15.6 Å². The van der Waals surface area contributed by atoms with Gasteiger partial charge in [0.25, 0.3) is 0 Å². The van der Waals surface area contributed by atoms with E-state index >= 15 is 0 Å². The Labute approximate surface area is 91.0 Å². The first kappa shape index (κ1) is 9.80. The van der Waals surface area contributed by atoms with E-state index in [2.05, 4.69) is 15.9 Å². The first-order valence-corrected chi connectivity index (χ1v) is 5.24. The summed E-state index contributed by atoms with van der Waals surface area (Å²) in [4.78, 5) is 0. The number of hydrogen-bond acceptors (Lipinski definition) is 3. The molecule has 0 spiro atoms. The molecule has 2 atom stereocenters. The smallest absolute Gasteiger partial charge is 0.172 e. The van der Waals surface area contributed by atoms with Crippen LogP contribution < -0.4 is 10.5 Å². The first-order valence-electron chi connectivity index (χ1n) is 4.45. The van der Waals surface area contributed by atoms with Gasteiger partial charge in [0.2, 0.25) is 0 Å². The summed E-state index contributed by atoms with van der Waals surface area (Å²) < 4.78 is 5.72. The summed E-state index contributed by atoms with van der Waals surface area (Å²) in [5.41, 5.74) is 6.88. The van der Waals surface area contributed by atoms with Crippen LogP contribution in [-0.4, -0.2) is 18.3 Å². The Hall–Kier alpha value is -0.740. The lowest BCUT2D eigenvalue weighted by Gasteiger charge is -2.08. The van der Waals surface area contributed by atoms with Crippen molar-refractivity contribution in [1.82, 2.24) is 0 Å². The second kappa shape index (κ2) is 3.44. The van der Waals surface area contributed by atoms with Crippen molar-refractivity contribution in [3.05, 3.63) is 22.2 Å². The molecule has 1 fully saturated rings. The number of benzene rings is 1. The summed E-state index contributed by atoms with van der Waals surface area (Å²) in [6.07, 6.45) is 1.01. The van der Waals surface area contributed by atoms with Crippen molar-refractivity contribution in [1.29, 1.82) is 0 Å². The Morgan fingerprint density at radius 1 is 1.57 bits per heavy atom. The summed E-state index contributed by atoms with van der Waals surface area (Å²) in [6, 6.07) is 4.00. The highest BCUT2D eigenvalue weighted by molar-refractivity contribution is 9.10. The zero-order valence-electron chi connectivity index (χ0n) is 7.83. The minimum Gasteiger partial charge on any atom is -0.503 e. The van der Waals surface area contributed by atoms with E-state index in [4.69, 9.17) is 10.5 Å². The number of phenols is 1. The van der Waals surface area contributed by atoms with Crippen LogP contribution in [0.1, 0.15) is 17.9 Å². The standard InChI is InChI=1S/C10H12BrNO2/c1-14-9-3-5(6-4-8(6)12)2-7(11)10(9)13/h2-3,6,8,13H,4,12H2,1H3. The fraction of sp³-hybridized carbons (Fsp3) is 0.400. The van der Waals surface area contributed by atoms with Crippen molar-refractivity contribution in [3.63, 3.8) is 0 Å². The van der Waals surface area contributed by atoms with E-state index in [9.17, 15) is 5.11 Å². The van der Waals surface area contributed by atoms with Gasteiger partial charge in [0.1, 0.15) is 0 Å². The predicted molar refractivity (Wildman–Crippen MR) is 57.7 cm³/mol. The van der Waals surface area contributed by atoms with Crippen molar-refractivity contribution < 1.29 is 9.84 Å². The number of nitrogens with two attached hydrogens (primary N) is 1. The lowest BCUT2D eigenvalue weighted by atomic mass is 10.1. The maximum atomic E-state index is 9.59. The van der Waals surface area contributed by atoms with Gasteiger partial charge >= 0.3 is 0 Å². The van der Waals surface area contributed by atoms with Crippen LogP contribution in [0.25, 0.3) is 0 Å². The van der Waals surface area contributed by atoms with Gasteiger partial charge in [-0.3, -0.25) is 0 Å². The van der Waals surface area contributed by atoms with Crippen molar-refractivity contribution in [2.24, 2.45) is 5.73 Å². The Balaban J connectivity index is 2.38. The van der Waals surface area contributed by atoms with Crippen molar-refractivity contribution in [2.45, 2.75) is 18.4 Å². The number of hydrogen-bond donors (Lipinski definition) is 2. The van der Waals surface area contributed by atoms with Crippen LogP contribution in [0, 0.1) is 0 Å². The van der Waals surface area contributed by atoms with Gasteiger partial charge in [-0.25, -0.2) is 0 Å². The van der Waals surface area contributed by atoms with Crippen molar-refractivity contribution in [2.75, 3.05) is 7.11 Å². The molecule has 0 aliphatic heterocycles. The summed E-state index contributed by atoms with van der Waals surface area (Å²) in [7, 11) is 1.54. The highest BCUT2D eigenvalue weighted by atomic mass is 79.9. The molecule has 1 aromatic rings. The Morgan fingerprint density at radius 2 is 2.21 bits per heavy atom. The predicted octanol–water partition coefficient (Wildman–Crippen LogP) is 1.98. The summed E-state index contributed by atoms with van der Waals surface area (Å²) >= 11 is 3.28. The van der Waals surface area contributed by atoms with Crippen LogP contribution in [0.2, 0.25) is 0 Å². The number of methoxy groups -OCH3 is 1. The number of phenolic OH excluding ortho intramolecular Hbond substituents is 1. The molecule has 1 saturated carbocycles. The van der Waals surface area contributed by atoms with Gasteiger partial charge in [0.15, 0.2) is 11.5 Å². The second-order valence-corrected chi connectivity index (χ2v) is 4.41. The quantitative estimate of drug-likeness (QED) is 0.852. The molecule has 3 N–H and O–H groups in total. The van der Waals surface area contributed by atoms with Gasteiger partial charge in [-0.15, -0.1) is 0 Å². The second-order valence-electron chi connectivity index (χ2n) is 3.56. The molecular formula is C10H12BrNO2. The van der Waals surface area contributed by atoms with Gasteiger partial charge in [0.05, 0.1) is 11.6 Å². The highest BCUT2D eigenvalue weighted by Crippen LogP contribution is 2.44. The summed E-state index contributed by atoms with van der Waals surface area (Å²) in [5, 5.41) is 9.59. The van der Waals surface area contributed by atoms with Crippen LogP contribution in [0.15, 0.2) is 16.6 Å². The molecule has 1 aromatic carbocycles. The van der Waals surface area contributed by atoms with Crippen molar-refractivity contribution in [3.8, 4) is 11.5 Å². The minimum absolute atomic E-state index is 0.144. The Kier molecular flexibility index (Phi) is 2.41. The molecule has 4 heteroatoms. The SMILES string of the molecule is COc1cc(C2CC2N)cc(Br)c1O. The van der Waals surface area contributed by atoms with Crippen LogP contribution in [-0.2, 0) is 0 Å². The van der Waals surface area contributed by atoms with E-state index in [1.807, 2.05) is 12.1 Å². The van der Waals surface area contributed by atoms with Gasteiger partial charge in [-0.2, -0.15) is 0 Å². The molecule has 0 amide bonds. The largest absolute Gasteiger partial charge is 0.503 e. The number of ether oxygens (including phenoxy) is 1. The van der Waals surface area contributed by atoms with E-state index < -0.39 is 0 Å². The van der Waals surface area contributed by atoms with Gasteiger partial charge in [-0.1, -0.05) is 0 Å². The fourth-order valence-corrected chi connectivity index (χ4v) is 2.02. The van der Waals surface area contributed by atoms with Crippen LogP contribution in [0.3, 0.4) is 0 Å². The minimum atomic E-state index is 0.144. The molecule has 0 radical (unpaired) electrons. The summed E-state index contributed by atoms with van der Waals surface area (Å²) in [5.74, 6) is 1.06. The molecule has 1 aliphatic rings. The molecule has 0 aromatic heterocycles. The van der Waals surface area contributed by atoms with E-state index in [0.29, 0.717) is 16.1 Å². The maximum Gasteiger partial charge on any atom is 0.172 e. The zero-order valence-corrected chi connectivity index (χ0v) is 9.41. The molecule has 0 saturated heterocycles. The topological polar surface area (TPSA) is 55.5 Å². The summed E-state index contributed by atoms with van der Waals surface area (Å²) in [6.45, 7) is 0. The molecule has 76 valence electrons. The van der Waals surface area contributed by atoms with Crippen LogP contribution >= 0.6 is 15.9 Å². The third-order valence-electron chi connectivity index (χ3n) is 2.54. The normalized spacial score (nSPS) is 24.8. The average Bonchev–Trinajstić information content (AvgIpc) is 2.87. The molecule has 2 rings (SSSR count).